The fourth-order valence-electron chi connectivity index (χ4n) is 2.67. The van der Waals surface area contributed by atoms with E-state index < -0.39 is 28.5 Å². The first-order valence-electron chi connectivity index (χ1n) is 6.44. The fourth-order valence-corrected chi connectivity index (χ4v) is 2.67. The van der Waals surface area contributed by atoms with Crippen LogP contribution in [0, 0.1) is 10.1 Å². The van der Waals surface area contributed by atoms with Crippen LogP contribution in [-0.2, 0) is 11.3 Å². The first-order chi connectivity index (χ1) is 9.91. The summed E-state index contributed by atoms with van der Waals surface area (Å²) in [5.74, 6) is -1.82. The molecular weight excluding hydrogens is 278 g/mol. The van der Waals surface area contributed by atoms with Gasteiger partial charge in [-0.1, -0.05) is 12.1 Å². The van der Waals surface area contributed by atoms with E-state index in [0.717, 1.165) is 12.5 Å². The van der Waals surface area contributed by atoms with E-state index in [4.69, 9.17) is 5.73 Å². The van der Waals surface area contributed by atoms with Crippen molar-refractivity contribution in [1.82, 2.24) is 4.90 Å². The van der Waals surface area contributed by atoms with Crippen LogP contribution in [0.25, 0.3) is 0 Å². The van der Waals surface area contributed by atoms with Crippen molar-refractivity contribution in [2.24, 2.45) is 5.73 Å². The fraction of sp³-hybridized carbons (Fsp3) is 0.385. The normalized spacial score (nSPS) is 18.6. The number of benzene rings is 1. The second kappa shape index (κ2) is 5.88. The number of hydrogen-bond acceptors (Lipinski definition) is 5. The number of nitro groups is 1. The molecule has 0 radical (unpaired) electrons. The lowest BCUT2D eigenvalue weighted by Gasteiger charge is -2.22. The number of aromatic carboxylic acids is 1. The second-order valence-electron chi connectivity index (χ2n) is 4.90. The van der Waals surface area contributed by atoms with Crippen molar-refractivity contribution in [3.8, 4) is 0 Å². The zero-order valence-electron chi connectivity index (χ0n) is 11.2. The van der Waals surface area contributed by atoms with Gasteiger partial charge in [-0.25, -0.2) is 4.79 Å². The van der Waals surface area contributed by atoms with Crippen LogP contribution < -0.4 is 5.73 Å². The Kier molecular flexibility index (Phi) is 4.18. The number of nitrogens with two attached hydrogens (primary N) is 1. The molecule has 0 spiro atoms. The van der Waals surface area contributed by atoms with Crippen LogP contribution in [-0.4, -0.2) is 39.4 Å². The summed E-state index contributed by atoms with van der Waals surface area (Å²) >= 11 is 0. The van der Waals surface area contributed by atoms with Gasteiger partial charge in [0.2, 0.25) is 5.91 Å². The van der Waals surface area contributed by atoms with Crippen LogP contribution in [0.4, 0.5) is 5.69 Å². The van der Waals surface area contributed by atoms with Gasteiger partial charge in [0, 0.05) is 12.6 Å². The molecule has 1 aromatic rings. The van der Waals surface area contributed by atoms with E-state index in [9.17, 15) is 24.8 Å². The van der Waals surface area contributed by atoms with Crippen molar-refractivity contribution < 1.29 is 19.6 Å². The summed E-state index contributed by atoms with van der Waals surface area (Å²) in [7, 11) is 0. The number of carboxylic acids is 1. The quantitative estimate of drug-likeness (QED) is 0.609. The molecule has 2 rings (SSSR count). The standard InChI is InChI=1S/C13H15N3O5/c14-12(17)10-5-2-6-15(10)7-8-3-1-4-9(16(20)21)11(8)13(18)19/h1,3-4,10H,2,5-7H2,(H2,14,17)(H,18,19). The van der Waals surface area contributed by atoms with E-state index in [-0.39, 0.29) is 12.1 Å². The molecule has 3 N–H and O–H groups in total. The molecule has 21 heavy (non-hydrogen) atoms. The highest BCUT2D eigenvalue weighted by atomic mass is 16.6. The van der Waals surface area contributed by atoms with Crippen molar-refractivity contribution in [3.05, 3.63) is 39.4 Å². The number of nitrogens with zero attached hydrogens (tertiary/aromatic N) is 2. The Bertz CT molecular complexity index is 601. The Balaban J connectivity index is 2.36. The number of nitro benzene ring substituents is 1. The zero-order valence-corrected chi connectivity index (χ0v) is 11.2. The molecule has 1 unspecified atom stereocenters. The predicted molar refractivity (Wildman–Crippen MR) is 72.7 cm³/mol. The van der Waals surface area contributed by atoms with E-state index >= 15 is 0 Å². The lowest BCUT2D eigenvalue weighted by Crippen LogP contribution is -2.40. The van der Waals surface area contributed by atoms with Gasteiger partial charge in [-0.15, -0.1) is 0 Å². The summed E-state index contributed by atoms with van der Waals surface area (Å²) < 4.78 is 0. The molecule has 1 saturated heterocycles. The van der Waals surface area contributed by atoms with Crippen LogP contribution >= 0.6 is 0 Å². The average molecular weight is 293 g/mol. The first kappa shape index (κ1) is 14.9. The molecule has 8 nitrogen and oxygen atoms in total. The topological polar surface area (TPSA) is 127 Å². The van der Waals surface area contributed by atoms with E-state index in [0.29, 0.717) is 18.5 Å². The zero-order chi connectivity index (χ0) is 15.6. The van der Waals surface area contributed by atoms with Crippen molar-refractivity contribution >= 4 is 17.6 Å². The molecule has 1 amide bonds. The third kappa shape index (κ3) is 3.00. The molecule has 1 fully saturated rings. The largest absolute Gasteiger partial charge is 0.477 e. The minimum absolute atomic E-state index is 0.150. The van der Waals surface area contributed by atoms with Gasteiger partial charge >= 0.3 is 5.97 Å². The number of carbonyl (C=O) groups is 2. The lowest BCUT2D eigenvalue weighted by molar-refractivity contribution is -0.385. The number of carboxylic acid groups (broad SMARTS) is 1. The molecule has 1 aliphatic heterocycles. The van der Waals surface area contributed by atoms with E-state index in [2.05, 4.69) is 0 Å². The molecule has 1 atom stereocenters. The third-order valence-corrected chi connectivity index (χ3v) is 3.60. The van der Waals surface area contributed by atoms with Gasteiger partial charge in [0.25, 0.3) is 5.69 Å². The van der Waals surface area contributed by atoms with Gasteiger partial charge in [0.05, 0.1) is 11.0 Å². The maximum Gasteiger partial charge on any atom is 0.343 e. The second-order valence-corrected chi connectivity index (χ2v) is 4.90. The minimum atomic E-state index is -1.35. The SMILES string of the molecule is NC(=O)C1CCCN1Cc1cccc([N+](=O)[O-])c1C(=O)O. The van der Waals surface area contributed by atoms with Gasteiger partial charge in [0.1, 0.15) is 5.56 Å². The maximum absolute atomic E-state index is 11.4. The Hall–Kier alpha value is -2.48. The van der Waals surface area contributed by atoms with Crippen LogP contribution in [0.15, 0.2) is 18.2 Å². The third-order valence-electron chi connectivity index (χ3n) is 3.60. The van der Waals surface area contributed by atoms with Gasteiger partial charge in [-0.2, -0.15) is 0 Å². The van der Waals surface area contributed by atoms with Crippen molar-refractivity contribution in [1.29, 1.82) is 0 Å². The van der Waals surface area contributed by atoms with Gasteiger partial charge in [-0.05, 0) is 24.9 Å². The van der Waals surface area contributed by atoms with Gasteiger partial charge < -0.3 is 10.8 Å². The predicted octanol–water partition coefficient (Wildman–Crippen LogP) is 0.743. The monoisotopic (exact) mass is 293 g/mol. The minimum Gasteiger partial charge on any atom is -0.477 e. The van der Waals surface area contributed by atoms with Crippen molar-refractivity contribution in [3.63, 3.8) is 0 Å². The summed E-state index contributed by atoms with van der Waals surface area (Å²) in [5.41, 5.74) is 4.84. The Morgan fingerprint density at radius 1 is 1.48 bits per heavy atom. The molecule has 8 heteroatoms. The molecule has 0 saturated carbocycles. The van der Waals surface area contributed by atoms with E-state index in [1.807, 2.05) is 0 Å². The Morgan fingerprint density at radius 3 is 2.76 bits per heavy atom. The van der Waals surface area contributed by atoms with Crippen LogP contribution in [0.3, 0.4) is 0 Å². The van der Waals surface area contributed by atoms with Gasteiger partial charge in [-0.3, -0.25) is 19.8 Å². The molecule has 1 heterocycles. The smallest absolute Gasteiger partial charge is 0.343 e. The summed E-state index contributed by atoms with van der Waals surface area (Å²) in [6, 6.07) is 3.66. The average Bonchev–Trinajstić information content (AvgIpc) is 2.86. The molecule has 0 aliphatic carbocycles. The van der Waals surface area contributed by atoms with Crippen molar-refractivity contribution in [2.75, 3.05) is 6.54 Å². The molecular formula is C13H15N3O5. The van der Waals surface area contributed by atoms with Crippen LogP contribution in [0.5, 0.6) is 0 Å². The highest BCUT2D eigenvalue weighted by Gasteiger charge is 2.31. The van der Waals surface area contributed by atoms with E-state index in [1.165, 1.54) is 12.1 Å². The van der Waals surface area contributed by atoms with Crippen LogP contribution in [0.1, 0.15) is 28.8 Å². The Labute approximate surface area is 120 Å². The molecule has 112 valence electrons. The summed E-state index contributed by atoms with van der Waals surface area (Å²) in [6.07, 6.45) is 1.40. The number of hydrogen-bond donors (Lipinski definition) is 2. The number of primary amides is 1. The molecule has 0 aromatic heterocycles. The lowest BCUT2D eigenvalue weighted by atomic mass is 10.0. The van der Waals surface area contributed by atoms with Crippen molar-refractivity contribution in [2.45, 2.75) is 25.4 Å². The number of likely N-dealkylation sites (tertiary alicyclic amines) is 1. The molecule has 1 aliphatic rings. The number of carbonyl (C=O) groups excluding carboxylic acids is 1. The van der Waals surface area contributed by atoms with Gasteiger partial charge in [0.15, 0.2) is 0 Å². The number of rotatable bonds is 5. The van der Waals surface area contributed by atoms with Crippen LogP contribution in [0.2, 0.25) is 0 Å². The summed E-state index contributed by atoms with van der Waals surface area (Å²) in [5, 5.41) is 20.2. The highest BCUT2D eigenvalue weighted by molar-refractivity contribution is 5.94. The van der Waals surface area contributed by atoms with E-state index in [1.54, 1.807) is 4.90 Å². The first-order valence-corrected chi connectivity index (χ1v) is 6.44. The molecule has 0 bridgehead atoms. The Morgan fingerprint density at radius 2 is 2.19 bits per heavy atom. The molecule has 1 aromatic carbocycles. The maximum atomic E-state index is 11.4. The highest BCUT2D eigenvalue weighted by Crippen LogP contribution is 2.26. The summed E-state index contributed by atoms with van der Waals surface area (Å²) in [4.78, 5) is 34.7. The summed E-state index contributed by atoms with van der Waals surface area (Å²) in [6.45, 7) is 0.756. The number of amides is 1.